The Morgan fingerprint density at radius 3 is 2.10 bits per heavy atom. The number of benzene rings is 1. The molecule has 1 aromatic carbocycles. The lowest BCUT2D eigenvalue weighted by Crippen LogP contribution is -2.51. The predicted molar refractivity (Wildman–Crippen MR) is 301 cm³/mol. The summed E-state index contributed by atoms with van der Waals surface area (Å²) < 4.78 is 0. The predicted octanol–water partition coefficient (Wildman–Crippen LogP) is 5.87. The molecule has 10 bridgehead atoms. The van der Waals surface area contributed by atoms with E-state index >= 15 is 0 Å². The van der Waals surface area contributed by atoms with Crippen LogP contribution in [0.1, 0.15) is 112 Å². The molecular formula is C51H50N14O8S6. The number of rotatable bonds is 10. The maximum Gasteiger partial charge on any atom is 0.271 e. The second-order valence-corrected chi connectivity index (χ2v) is 24.4. The highest BCUT2D eigenvalue weighted by Crippen LogP contribution is 2.39. The van der Waals surface area contributed by atoms with E-state index in [-0.39, 0.29) is 52.9 Å². The molecule has 22 nitrogen and oxygen atoms in total. The summed E-state index contributed by atoms with van der Waals surface area (Å²) in [5.74, 6) is -4.44. The monoisotopic (exact) mass is 1180 g/mol. The number of piperidine rings is 1. The van der Waals surface area contributed by atoms with Gasteiger partial charge in [0.15, 0.2) is 0 Å². The molecule has 0 radical (unpaired) electrons. The molecular weight excluding hydrogens is 1130 g/mol. The van der Waals surface area contributed by atoms with E-state index in [1.807, 2.05) is 12.3 Å². The molecule has 6 amide bonds. The number of aromatic hydroxyl groups is 1. The Bertz CT molecular complexity index is 3580. The maximum atomic E-state index is 14.8. The molecule has 1 fully saturated rings. The fraction of sp³-hybridized carbons (Fsp3) is 0.314. The summed E-state index contributed by atoms with van der Waals surface area (Å²) in [5.41, 5.74) is 14.1. The van der Waals surface area contributed by atoms with Crippen LogP contribution in [-0.2, 0) is 22.6 Å². The lowest BCUT2D eigenvalue weighted by atomic mass is 9.94. The zero-order valence-corrected chi connectivity index (χ0v) is 47.0. The number of β-amino-alcohol motifs (C(OH)–C–C–N with tert-alkyl or cyclic N) is 1. The number of nitrogens with two attached hydrogens (primary N) is 2. The van der Waals surface area contributed by atoms with Gasteiger partial charge in [0.25, 0.3) is 23.6 Å². The lowest BCUT2D eigenvalue weighted by Gasteiger charge is -2.34. The van der Waals surface area contributed by atoms with Crippen LogP contribution < -0.4 is 32.7 Å². The zero-order valence-electron chi connectivity index (χ0n) is 42.1. The van der Waals surface area contributed by atoms with Crippen LogP contribution in [0.15, 0.2) is 63.3 Å². The Morgan fingerprint density at radius 2 is 1.35 bits per heavy atom. The average molecular weight is 1180 g/mol. The number of aromatic nitrogens is 7. The van der Waals surface area contributed by atoms with Gasteiger partial charge in [-0.25, -0.2) is 34.9 Å². The summed E-state index contributed by atoms with van der Waals surface area (Å²) >= 11 is 7.13. The van der Waals surface area contributed by atoms with E-state index in [4.69, 9.17) is 31.4 Å². The summed E-state index contributed by atoms with van der Waals surface area (Å²) in [6.45, 7) is 5.48. The van der Waals surface area contributed by atoms with Crippen molar-refractivity contribution in [1.29, 1.82) is 0 Å². The van der Waals surface area contributed by atoms with E-state index in [0.29, 0.717) is 70.4 Å². The van der Waals surface area contributed by atoms with E-state index in [0.717, 1.165) is 66.4 Å². The van der Waals surface area contributed by atoms with Crippen molar-refractivity contribution < 1.29 is 39.0 Å². The number of phenols is 1. The van der Waals surface area contributed by atoms with Crippen LogP contribution in [0.5, 0.6) is 5.75 Å². The molecule has 5 atom stereocenters. The third kappa shape index (κ3) is 12.8. The molecule has 2 aliphatic heterocycles. The third-order valence-corrected chi connectivity index (χ3v) is 18.6. The maximum absolute atomic E-state index is 14.8. The molecule has 9 heterocycles. The molecule has 8 aromatic rings. The van der Waals surface area contributed by atoms with Crippen molar-refractivity contribution in [2.24, 2.45) is 17.4 Å². The largest absolute Gasteiger partial charge is 0.508 e. The zero-order chi connectivity index (χ0) is 55.5. The Kier molecular flexibility index (Phi) is 16.7. The Balaban J connectivity index is 1.05. The smallest absolute Gasteiger partial charge is 0.271 e. The SMILES string of the molecule is Cc1sc2nc1C(=O)NCc1nc(cs1)C(=O)N[C@@H](Cc1ccc(O)cc1)C(=O)N[C@@H]([C@@H](C)[C@@H](O)CN1CCCCC1)c1nc(cs1)-c1nc(cs1)-c1nc(-c3nc(C(N)=O)cs3)ccc1-c1nc(cs1)C(=O)N[C@H]2CC(N)=O. The number of primary amides is 2. The third-order valence-electron chi connectivity index (χ3n) is 13.1. The van der Waals surface area contributed by atoms with Gasteiger partial charge in [0.05, 0.1) is 36.8 Å². The van der Waals surface area contributed by atoms with Crippen molar-refractivity contribution in [3.8, 4) is 49.1 Å². The number of amides is 6. The van der Waals surface area contributed by atoms with Crippen molar-refractivity contribution >= 4 is 103 Å². The summed E-state index contributed by atoms with van der Waals surface area (Å²) in [6, 6.07) is 6.68. The van der Waals surface area contributed by atoms with E-state index < -0.39 is 65.6 Å². The topological polar surface area (TPSA) is 337 Å². The summed E-state index contributed by atoms with van der Waals surface area (Å²) in [4.78, 5) is 117. The molecule has 0 spiro atoms. The number of hydrogen-bond donors (Lipinski definition) is 8. The van der Waals surface area contributed by atoms with Crippen molar-refractivity contribution in [2.45, 2.75) is 76.7 Å². The second-order valence-electron chi connectivity index (χ2n) is 18.8. The normalized spacial score (nSPS) is 18.4. The highest BCUT2D eigenvalue weighted by atomic mass is 32.1. The first-order valence-electron chi connectivity index (χ1n) is 24.8. The van der Waals surface area contributed by atoms with Gasteiger partial charge in [0.1, 0.15) is 81.7 Å². The summed E-state index contributed by atoms with van der Waals surface area (Å²) in [5, 5.41) is 44.3. The first-order valence-corrected chi connectivity index (χ1v) is 30.0. The number of aliphatic hydroxyl groups is 1. The molecule has 79 heavy (non-hydrogen) atoms. The van der Waals surface area contributed by atoms with E-state index in [9.17, 15) is 39.0 Å². The van der Waals surface area contributed by atoms with Gasteiger partial charge in [-0.15, -0.1) is 68.0 Å². The molecule has 28 heteroatoms. The number of likely N-dealkylation sites (tertiary alicyclic amines) is 1. The van der Waals surface area contributed by atoms with Gasteiger partial charge >= 0.3 is 0 Å². The van der Waals surface area contributed by atoms with Crippen molar-refractivity contribution in [2.75, 3.05) is 19.6 Å². The number of nitrogens with one attached hydrogen (secondary N) is 4. The number of fused-ring (bicyclic) bond motifs is 14. The van der Waals surface area contributed by atoms with Crippen molar-refractivity contribution in [3.63, 3.8) is 0 Å². The number of nitrogens with zero attached hydrogens (tertiary/aromatic N) is 8. The van der Waals surface area contributed by atoms with E-state index in [1.165, 1.54) is 56.9 Å². The first-order chi connectivity index (χ1) is 38.0. The molecule has 0 saturated carbocycles. The number of aliphatic hydroxyl groups excluding tert-OH is 1. The highest BCUT2D eigenvalue weighted by molar-refractivity contribution is 7.15. The molecule has 10 N–H and O–H groups in total. The van der Waals surface area contributed by atoms with Gasteiger partial charge in [-0.1, -0.05) is 25.5 Å². The number of phenolic OH excluding ortho intramolecular Hbond substituents is 1. The first kappa shape index (κ1) is 55.0. The Hall–Kier alpha value is -7.31. The van der Waals surface area contributed by atoms with Gasteiger partial charge < -0.3 is 47.8 Å². The fourth-order valence-corrected chi connectivity index (χ4v) is 14.0. The molecule has 1 saturated heterocycles. The quantitative estimate of drug-likeness (QED) is 0.0793. The van der Waals surface area contributed by atoms with Gasteiger partial charge in [0, 0.05) is 56.2 Å². The van der Waals surface area contributed by atoms with Crippen LogP contribution in [0, 0.1) is 12.8 Å². The number of thiazole rings is 6. The van der Waals surface area contributed by atoms with Crippen molar-refractivity contribution in [1.82, 2.24) is 61.1 Å². The van der Waals surface area contributed by atoms with Crippen LogP contribution in [0.4, 0.5) is 0 Å². The van der Waals surface area contributed by atoms with Crippen LogP contribution in [-0.4, -0.2) is 117 Å². The van der Waals surface area contributed by atoms with Gasteiger partial charge in [0.2, 0.25) is 11.8 Å². The Morgan fingerprint density at radius 1 is 0.684 bits per heavy atom. The standard InChI is InChI=1S/C51H50N14O8S6/c1-23(36(67)17-65-12-4-3-5-13-65)39-51-62-35(22-78-51)49-59-31(18-76-49)41-27(10-11-28(56-41)48-60-32(19-77-48)42(53)69)47-61-34(21-75-47)45(72)58-30(15-37(52)68)50-64-40(24(2)79-50)46(73)54-16-38-55-33(20-74-38)44(71)57-29(43(70)63-39)14-25-6-8-26(66)9-7-25/h6-11,18-23,29-30,36,39,66-67H,3-5,12-17H2,1-2H3,(H2,52,68)(H2,53,69)(H,54,73)(H,57,71)(H,58,72)(H,63,70)/t23-,29-,30-,36-,39-/m0/s1. The lowest BCUT2D eigenvalue weighted by molar-refractivity contribution is -0.124. The van der Waals surface area contributed by atoms with Crippen LogP contribution in [0.3, 0.4) is 0 Å². The minimum Gasteiger partial charge on any atom is -0.508 e. The minimum absolute atomic E-state index is 0.00480. The minimum atomic E-state index is -1.18. The van der Waals surface area contributed by atoms with Gasteiger partial charge in [-0.05, 0) is 62.7 Å². The molecule has 10 rings (SSSR count). The van der Waals surface area contributed by atoms with Crippen LogP contribution in [0.2, 0.25) is 0 Å². The van der Waals surface area contributed by atoms with E-state index in [1.54, 1.807) is 41.9 Å². The summed E-state index contributed by atoms with van der Waals surface area (Å²) in [7, 11) is 0. The Labute approximate surface area is 474 Å². The second kappa shape index (κ2) is 24.0. The molecule has 2 aliphatic rings. The van der Waals surface area contributed by atoms with Gasteiger partial charge in [-0.2, -0.15) is 0 Å². The molecule has 0 aliphatic carbocycles. The van der Waals surface area contributed by atoms with E-state index in [2.05, 4.69) is 41.1 Å². The van der Waals surface area contributed by atoms with Crippen LogP contribution in [0.25, 0.3) is 43.4 Å². The van der Waals surface area contributed by atoms with Crippen molar-refractivity contribution in [3.05, 3.63) is 112 Å². The fourth-order valence-electron chi connectivity index (χ4n) is 8.90. The summed E-state index contributed by atoms with van der Waals surface area (Å²) in [6.07, 6.45) is 1.91. The number of hydrogen-bond acceptors (Lipinski definition) is 22. The number of carbonyl (C=O) groups is 6. The van der Waals surface area contributed by atoms with Gasteiger partial charge in [-0.3, -0.25) is 28.8 Å². The molecule has 0 unspecified atom stereocenters. The molecule has 408 valence electrons. The number of aryl methyl sites for hydroxylation is 1. The number of carbonyl (C=O) groups excluding carboxylic acids is 6. The molecule has 7 aromatic heterocycles. The highest BCUT2D eigenvalue weighted by Gasteiger charge is 2.35. The van der Waals surface area contributed by atoms with Crippen LogP contribution >= 0.6 is 68.0 Å². The average Bonchev–Trinajstić information content (AvgIpc) is 4.43. The number of pyridine rings is 1.